The molecule has 0 heterocycles. The second kappa shape index (κ2) is 13.1. The van der Waals surface area contributed by atoms with Gasteiger partial charge in [0.15, 0.2) is 0 Å². The van der Waals surface area contributed by atoms with Crippen molar-refractivity contribution in [2.75, 3.05) is 17.4 Å². The molecule has 0 aliphatic heterocycles. The minimum absolute atomic E-state index is 0.0501. The Morgan fingerprint density at radius 3 is 2.21 bits per heavy atom. The van der Waals surface area contributed by atoms with E-state index in [1.54, 1.807) is 37.3 Å². The van der Waals surface area contributed by atoms with Crippen molar-refractivity contribution >= 4 is 39.1 Å². The standard InChI is InChI=1S/C30H36ClN3O4S/c1-21(2)18-32-30(36)24(5)33(19-25-10-7-6-9-23(25)4)29(35)20-34(27-12-8-11-26(31)17-27)39(37,38)28-15-13-22(3)14-16-28/h6-17,21,24H,18-20H2,1-5H3,(H,32,36)/t24-/m0/s1. The summed E-state index contributed by atoms with van der Waals surface area (Å²) in [5.41, 5.74) is 2.99. The van der Waals surface area contributed by atoms with Gasteiger partial charge in [-0.3, -0.25) is 13.9 Å². The summed E-state index contributed by atoms with van der Waals surface area (Å²) in [5, 5.41) is 3.22. The molecule has 0 spiro atoms. The van der Waals surface area contributed by atoms with Crippen molar-refractivity contribution in [1.29, 1.82) is 0 Å². The summed E-state index contributed by atoms with van der Waals surface area (Å²) in [5.74, 6) is -0.581. The maximum absolute atomic E-state index is 14.0. The lowest BCUT2D eigenvalue weighted by Gasteiger charge is -2.32. The first-order valence-electron chi connectivity index (χ1n) is 12.9. The first kappa shape index (κ1) is 30.2. The second-order valence-electron chi connectivity index (χ2n) is 10.1. The molecule has 0 aliphatic carbocycles. The summed E-state index contributed by atoms with van der Waals surface area (Å²) in [6.45, 7) is 9.53. The summed E-state index contributed by atoms with van der Waals surface area (Å²) in [7, 11) is -4.14. The molecular formula is C30H36ClN3O4S. The highest BCUT2D eigenvalue weighted by atomic mass is 35.5. The van der Waals surface area contributed by atoms with Gasteiger partial charge in [-0.1, -0.05) is 73.5 Å². The van der Waals surface area contributed by atoms with E-state index in [1.165, 1.54) is 23.1 Å². The topological polar surface area (TPSA) is 86.8 Å². The van der Waals surface area contributed by atoms with Crippen molar-refractivity contribution in [2.24, 2.45) is 5.92 Å². The Labute approximate surface area is 236 Å². The number of halogens is 1. The van der Waals surface area contributed by atoms with Crippen molar-refractivity contribution in [2.45, 2.75) is 52.1 Å². The van der Waals surface area contributed by atoms with Gasteiger partial charge in [0, 0.05) is 18.1 Å². The van der Waals surface area contributed by atoms with Crippen LogP contribution in [-0.4, -0.2) is 44.3 Å². The minimum Gasteiger partial charge on any atom is -0.354 e. The fourth-order valence-corrected chi connectivity index (χ4v) is 5.59. The van der Waals surface area contributed by atoms with Crippen LogP contribution in [0.1, 0.15) is 37.5 Å². The number of carbonyl (C=O) groups excluding carboxylic acids is 2. The molecule has 0 radical (unpaired) electrons. The molecule has 39 heavy (non-hydrogen) atoms. The number of hydrogen-bond donors (Lipinski definition) is 1. The molecule has 3 rings (SSSR count). The van der Waals surface area contributed by atoms with Crippen LogP contribution in [0.25, 0.3) is 0 Å². The van der Waals surface area contributed by atoms with E-state index < -0.39 is 28.5 Å². The molecular weight excluding hydrogens is 534 g/mol. The van der Waals surface area contributed by atoms with E-state index in [9.17, 15) is 18.0 Å². The zero-order valence-electron chi connectivity index (χ0n) is 23.0. The molecule has 208 valence electrons. The lowest BCUT2D eigenvalue weighted by molar-refractivity contribution is -0.139. The first-order valence-corrected chi connectivity index (χ1v) is 14.7. The van der Waals surface area contributed by atoms with Gasteiger partial charge in [0.1, 0.15) is 12.6 Å². The highest BCUT2D eigenvalue weighted by molar-refractivity contribution is 7.92. The van der Waals surface area contributed by atoms with Crippen LogP contribution in [0, 0.1) is 19.8 Å². The van der Waals surface area contributed by atoms with Crippen LogP contribution in [0.3, 0.4) is 0 Å². The molecule has 0 fully saturated rings. The summed E-state index contributed by atoms with van der Waals surface area (Å²) < 4.78 is 28.7. The number of sulfonamides is 1. The molecule has 1 atom stereocenters. The van der Waals surface area contributed by atoms with Gasteiger partial charge in [-0.2, -0.15) is 0 Å². The molecule has 9 heteroatoms. The summed E-state index contributed by atoms with van der Waals surface area (Å²) >= 11 is 6.21. The van der Waals surface area contributed by atoms with Crippen molar-refractivity contribution in [1.82, 2.24) is 10.2 Å². The zero-order valence-corrected chi connectivity index (χ0v) is 24.6. The molecule has 3 aromatic rings. The normalized spacial score (nSPS) is 12.2. The molecule has 2 amide bonds. The fraction of sp³-hybridized carbons (Fsp3) is 0.333. The van der Waals surface area contributed by atoms with E-state index in [1.807, 2.05) is 52.0 Å². The van der Waals surface area contributed by atoms with Crippen LogP contribution in [0.4, 0.5) is 5.69 Å². The maximum Gasteiger partial charge on any atom is 0.264 e. The van der Waals surface area contributed by atoms with Gasteiger partial charge < -0.3 is 10.2 Å². The van der Waals surface area contributed by atoms with E-state index in [2.05, 4.69) is 5.32 Å². The van der Waals surface area contributed by atoms with Crippen molar-refractivity contribution in [3.05, 3.63) is 94.5 Å². The molecule has 3 aromatic carbocycles. The lowest BCUT2D eigenvalue weighted by Crippen LogP contribution is -2.51. The Morgan fingerprint density at radius 1 is 0.923 bits per heavy atom. The van der Waals surface area contributed by atoms with E-state index in [-0.39, 0.29) is 29.0 Å². The predicted molar refractivity (Wildman–Crippen MR) is 156 cm³/mol. The van der Waals surface area contributed by atoms with E-state index in [0.717, 1.165) is 21.0 Å². The fourth-order valence-electron chi connectivity index (χ4n) is 4.00. The van der Waals surface area contributed by atoms with Crippen molar-refractivity contribution in [3.63, 3.8) is 0 Å². The maximum atomic E-state index is 14.0. The van der Waals surface area contributed by atoms with Gasteiger partial charge in [-0.25, -0.2) is 8.42 Å². The van der Waals surface area contributed by atoms with Crippen LogP contribution in [0.5, 0.6) is 0 Å². The number of benzene rings is 3. The van der Waals surface area contributed by atoms with Crippen LogP contribution in [-0.2, 0) is 26.2 Å². The number of aryl methyl sites for hydroxylation is 2. The molecule has 0 saturated heterocycles. The third-order valence-electron chi connectivity index (χ3n) is 6.44. The van der Waals surface area contributed by atoms with Gasteiger partial charge in [-0.05, 0) is 68.1 Å². The van der Waals surface area contributed by atoms with E-state index in [4.69, 9.17) is 11.6 Å². The molecule has 0 bridgehead atoms. The summed E-state index contributed by atoms with van der Waals surface area (Å²) in [6.07, 6.45) is 0. The Balaban J connectivity index is 2.02. The third kappa shape index (κ3) is 7.83. The zero-order chi connectivity index (χ0) is 28.7. The number of nitrogens with one attached hydrogen (secondary N) is 1. The van der Waals surface area contributed by atoms with Gasteiger partial charge in [0.2, 0.25) is 11.8 Å². The molecule has 7 nitrogen and oxygen atoms in total. The molecule has 1 N–H and O–H groups in total. The third-order valence-corrected chi connectivity index (χ3v) is 8.46. The van der Waals surface area contributed by atoms with E-state index in [0.29, 0.717) is 11.6 Å². The quantitative estimate of drug-likeness (QED) is 0.338. The van der Waals surface area contributed by atoms with Crippen molar-refractivity contribution in [3.8, 4) is 0 Å². The lowest BCUT2D eigenvalue weighted by atomic mass is 10.1. The highest BCUT2D eigenvalue weighted by Crippen LogP contribution is 2.27. The Bertz CT molecular complexity index is 1410. The van der Waals surface area contributed by atoms with Crippen LogP contribution < -0.4 is 9.62 Å². The Morgan fingerprint density at radius 2 is 1.59 bits per heavy atom. The number of anilines is 1. The molecule has 0 saturated carbocycles. The second-order valence-corrected chi connectivity index (χ2v) is 12.4. The Kier molecular flexibility index (Phi) is 10.2. The molecule has 0 aromatic heterocycles. The molecule has 0 aliphatic rings. The van der Waals surface area contributed by atoms with Crippen molar-refractivity contribution < 1.29 is 18.0 Å². The van der Waals surface area contributed by atoms with Crippen LogP contribution >= 0.6 is 11.6 Å². The van der Waals surface area contributed by atoms with Crippen LogP contribution in [0.2, 0.25) is 5.02 Å². The smallest absolute Gasteiger partial charge is 0.264 e. The van der Waals surface area contributed by atoms with Gasteiger partial charge >= 0.3 is 0 Å². The first-order chi connectivity index (χ1) is 18.4. The number of nitrogens with zero attached hydrogens (tertiary/aromatic N) is 2. The van der Waals surface area contributed by atoms with Gasteiger partial charge in [0.05, 0.1) is 10.6 Å². The van der Waals surface area contributed by atoms with Gasteiger partial charge in [-0.15, -0.1) is 0 Å². The number of rotatable bonds is 11. The minimum atomic E-state index is -4.14. The SMILES string of the molecule is Cc1ccc(S(=O)(=O)N(CC(=O)N(Cc2ccccc2C)[C@@H](C)C(=O)NCC(C)C)c2cccc(Cl)c2)cc1. The highest BCUT2D eigenvalue weighted by Gasteiger charge is 2.32. The van der Waals surface area contributed by atoms with Gasteiger partial charge in [0.25, 0.3) is 10.0 Å². The number of amides is 2. The monoisotopic (exact) mass is 569 g/mol. The number of carbonyl (C=O) groups is 2. The van der Waals surface area contributed by atoms with E-state index >= 15 is 0 Å². The van der Waals surface area contributed by atoms with Crippen LogP contribution in [0.15, 0.2) is 77.7 Å². The Hall–Kier alpha value is -3.36. The number of hydrogen-bond acceptors (Lipinski definition) is 4. The average molecular weight is 570 g/mol. The predicted octanol–water partition coefficient (Wildman–Crippen LogP) is 5.34. The summed E-state index contributed by atoms with van der Waals surface area (Å²) in [6, 6.07) is 19.6. The molecule has 0 unspecified atom stereocenters. The largest absolute Gasteiger partial charge is 0.354 e. The average Bonchev–Trinajstić information content (AvgIpc) is 2.89. The summed E-state index contributed by atoms with van der Waals surface area (Å²) in [4.78, 5) is 28.5.